The Morgan fingerprint density at radius 1 is 0.380 bits per heavy atom. The Labute approximate surface area is 474 Å². The minimum Gasteiger partial charge on any atom is -0.355 e. The molecule has 0 aromatic heterocycles. The first kappa shape index (κ1) is 51.8. The van der Waals surface area contributed by atoms with Crippen LogP contribution in [0.4, 0.5) is 28.4 Å². The summed E-state index contributed by atoms with van der Waals surface area (Å²) < 4.78 is 0. The molecule has 79 heavy (non-hydrogen) atoms. The third-order valence-electron chi connectivity index (χ3n) is 20.8. The molecule has 5 aliphatic rings. The van der Waals surface area contributed by atoms with E-state index in [9.17, 15) is 0 Å². The summed E-state index contributed by atoms with van der Waals surface area (Å²) in [6.07, 6.45) is 7.06. The molecule has 2 nitrogen and oxygen atoms in total. The Bertz CT molecular complexity index is 3820. The van der Waals surface area contributed by atoms with Gasteiger partial charge >= 0.3 is 0 Å². The van der Waals surface area contributed by atoms with Gasteiger partial charge in [0.25, 0.3) is 0 Å². The monoisotopic (exact) mass is 1030 g/mol. The molecule has 0 unspecified atom stereocenters. The van der Waals surface area contributed by atoms with Crippen molar-refractivity contribution in [3.05, 3.63) is 196 Å². The van der Waals surface area contributed by atoms with Crippen LogP contribution in [0, 0.1) is 6.92 Å². The Kier molecular flexibility index (Phi) is 11.5. The number of rotatable bonds is 6. The molecule has 1 aliphatic heterocycles. The lowest BCUT2D eigenvalue weighted by molar-refractivity contribution is 0.331. The van der Waals surface area contributed by atoms with Crippen LogP contribution < -0.4 is 21.1 Å². The predicted molar refractivity (Wildman–Crippen MR) is 340 cm³/mol. The first-order chi connectivity index (χ1) is 37.3. The van der Waals surface area contributed by atoms with E-state index in [1.807, 2.05) is 0 Å². The molecule has 3 heteroatoms. The van der Waals surface area contributed by atoms with Gasteiger partial charge in [-0.2, -0.15) is 0 Å². The van der Waals surface area contributed by atoms with Crippen LogP contribution in [0.25, 0.3) is 44.5 Å². The molecule has 399 valence electrons. The molecular weight excluding hydrogens is 952 g/mol. The lowest BCUT2D eigenvalue weighted by Crippen LogP contribution is -2.42. The molecule has 0 atom stereocenters. The van der Waals surface area contributed by atoms with Crippen LogP contribution in [0.3, 0.4) is 0 Å². The molecule has 4 aliphatic carbocycles. The molecule has 0 amide bonds. The van der Waals surface area contributed by atoms with Gasteiger partial charge in [0.15, 0.2) is 7.28 Å². The number of fused-ring (bicyclic) bond motifs is 8. The van der Waals surface area contributed by atoms with Crippen LogP contribution in [0.15, 0.2) is 146 Å². The largest absolute Gasteiger partial charge is 0.355 e. The van der Waals surface area contributed by atoms with E-state index in [1.54, 1.807) is 0 Å². The van der Waals surface area contributed by atoms with E-state index in [0.29, 0.717) is 0 Å². The maximum atomic E-state index is 4.25. The zero-order chi connectivity index (χ0) is 55.6. The summed E-state index contributed by atoms with van der Waals surface area (Å²) in [5, 5.41) is 4.25. The first-order valence-electron chi connectivity index (χ1n) is 29.8. The highest BCUT2D eigenvalue weighted by atomic mass is 15.2. The molecule has 1 radical (unpaired) electrons. The number of hydrogen-bond donors (Lipinski definition) is 1. The van der Waals surface area contributed by atoms with Gasteiger partial charge in [-0.05, 0) is 221 Å². The average molecular weight is 1030 g/mol. The second kappa shape index (κ2) is 17.5. The summed E-state index contributed by atoms with van der Waals surface area (Å²) in [5.41, 5.74) is 31.8. The SMILES string of the molecule is Cc1cc2c(cc1N1c3cc(-c4ccccc4)ccc3[B]c3c(-c4c(Nc5ccc6c(c5)C(C)(C)CCC6(C)C)ccc5c4C(C)(C)c4cc6c(cc4-5)C(C)(C)CCC6(C)C)cc(-c4ccccc4)cc31)C(C)(C)CCC2(C)C. The van der Waals surface area contributed by atoms with Crippen molar-refractivity contribution in [3.63, 3.8) is 0 Å². The van der Waals surface area contributed by atoms with E-state index in [1.165, 1.54) is 155 Å². The average Bonchev–Trinajstić information content (AvgIpc) is 3.07. The van der Waals surface area contributed by atoms with E-state index in [2.05, 4.69) is 267 Å². The summed E-state index contributed by atoms with van der Waals surface area (Å²) in [4.78, 5) is 2.67. The predicted octanol–water partition coefficient (Wildman–Crippen LogP) is 19.5. The van der Waals surface area contributed by atoms with Crippen LogP contribution in [0.2, 0.25) is 0 Å². The zero-order valence-corrected chi connectivity index (χ0v) is 50.1. The third kappa shape index (κ3) is 8.16. The van der Waals surface area contributed by atoms with Crippen LogP contribution in [-0.2, 0) is 37.9 Å². The maximum absolute atomic E-state index is 4.25. The fraction of sp³-hybridized carbons (Fsp3) is 0.368. The Morgan fingerprint density at radius 3 is 1.51 bits per heavy atom. The van der Waals surface area contributed by atoms with Crippen molar-refractivity contribution in [3.8, 4) is 44.5 Å². The van der Waals surface area contributed by atoms with Gasteiger partial charge in [-0.25, -0.2) is 0 Å². The molecule has 8 aromatic rings. The second-order valence-electron chi connectivity index (χ2n) is 29.3. The molecule has 8 aromatic carbocycles. The summed E-state index contributed by atoms with van der Waals surface area (Å²) in [7, 11) is 2.53. The molecule has 13 rings (SSSR count). The highest BCUT2D eigenvalue weighted by Gasteiger charge is 2.46. The standard InChI is InChI=1S/C76H82BN2/c1-46-38-57-61(75(12,13)37-34-71(57,4)5)45-64(46)79-65-40-49(47-22-18-16-19-23-47)26-30-62(65)77-69-54(39-50(41-66(69)79)48-24-20-17-21-25-48)67-63(78-51-27-29-55-58(42-51)72(6,7)33-32-70(55,2)3)31-28-52-53-43-59-60(44-56(53)76(14,15)68(52)67)74(10,11)36-35-73(59,8)9/h16-31,38-45,78H,32-37H2,1-15H3. The van der Waals surface area contributed by atoms with E-state index >= 15 is 0 Å². The zero-order valence-electron chi connectivity index (χ0n) is 50.1. The topological polar surface area (TPSA) is 15.3 Å². The summed E-state index contributed by atoms with van der Waals surface area (Å²) in [6.45, 7) is 36.9. The Morgan fingerprint density at radius 2 is 0.899 bits per heavy atom. The summed E-state index contributed by atoms with van der Waals surface area (Å²) in [6, 6.07) is 57.0. The van der Waals surface area contributed by atoms with Gasteiger partial charge in [0.2, 0.25) is 0 Å². The number of hydrogen-bond acceptors (Lipinski definition) is 2. The smallest absolute Gasteiger partial charge is 0.197 e. The number of benzene rings is 8. The van der Waals surface area contributed by atoms with Crippen molar-refractivity contribution in [2.75, 3.05) is 10.2 Å². The number of nitrogens with zero attached hydrogens (tertiary/aromatic N) is 1. The van der Waals surface area contributed by atoms with Gasteiger partial charge in [0.1, 0.15) is 0 Å². The quantitative estimate of drug-likeness (QED) is 0.167. The third-order valence-corrected chi connectivity index (χ3v) is 20.8. The van der Waals surface area contributed by atoms with Crippen molar-refractivity contribution in [2.45, 2.75) is 180 Å². The molecule has 0 spiro atoms. The Hall–Kier alpha value is -6.58. The van der Waals surface area contributed by atoms with E-state index in [0.717, 1.165) is 17.8 Å². The summed E-state index contributed by atoms with van der Waals surface area (Å²) in [5.74, 6) is 0. The van der Waals surface area contributed by atoms with E-state index in [-0.39, 0.29) is 37.9 Å². The normalized spacial score (nSPS) is 19.6. The first-order valence-corrected chi connectivity index (χ1v) is 29.8. The Balaban J connectivity index is 1.13. The number of aryl methyl sites for hydroxylation is 1. The molecule has 0 bridgehead atoms. The van der Waals surface area contributed by atoms with Crippen molar-refractivity contribution in [2.24, 2.45) is 0 Å². The van der Waals surface area contributed by atoms with Crippen LogP contribution in [0.5, 0.6) is 0 Å². The van der Waals surface area contributed by atoms with E-state index in [4.69, 9.17) is 0 Å². The van der Waals surface area contributed by atoms with Gasteiger partial charge < -0.3 is 10.2 Å². The molecule has 1 heterocycles. The van der Waals surface area contributed by atoms with Crippen LogP contribution in [-0.4, -0.2) is 7.28 Å². The van der Waals surface area contributed by atoms with E-state index < -0.39 is 0 Å². The highest BCUT2D eigenvalue weighted by Crippen LogP contribution is 2.59. The van der Waals surface area contributed by atoms with Gasteiger partial charge in [-0.1, -0.05) is 199 Å². The van der Waals surface area contributed by atoms with Gasteiger partial charge in [-0.3, -0.25) is 0 Å². The van der Waals surface area contributed by atoms with Crippen molar-refractivity contribution in [1.29, 1.82) is 0 Å². The molecule has 0 saturated carbocycles. The highest BCUT2D eigenvalue weighted by molar-refractivity contribution is 6.73. The fourth-order valence-corrected chi connectivity index (χ4v) is 15.3. The van der Waals surface area contributed by atoms with Crippen molar-refractivity contribution >= 4 is 46.6 Å². The fourth-order valence-electron chi connectivity index (χ4n) is 15.3. The van der Waals surface area contributed by atoms with Crippen LogP contribution >= 0.6 is 0 Å². The minimum absolute atomic E-state index is 0.0286. The molecular formula is C76H82BN2. The number of anilines is 5. The van der Waals surface area contributed by atoms with Gasteiger partial charge in [0.05, 0.1) is 0 Å². The lowest BCUT2D eigenvalue weighted by Gasteiger charge is -2.44. The maximum Gasteiger partial charge on any atom is 0.197 e. The minimum atomic E-state index is -0.327. The number of nitrogens with one attached hydrogen (secondary N) is 1. The van der Waals surface area contributed by atoms with Crippen molar-refractivity contribution in [1.82, 2.24) is 0 Å². The summed E-state index contributed by atoms with van der Waals surface area (Å²) >= 11 is 0. The van der Waals surface area contributed by atoms with Gasteiger partial charge in [0, 0.05) is 39.4 Å². The molecule has 1 N–H and O–H groups in total. The van der Waals surface area contributed by atoms with Crippen molar-refractivity contribution < 1.29 is 0 Å². The van der Waals surface area contributed by atoms with Gasteiger partial charge in [-0.15, -0.1) is 0 Å². The molecule has 0 saturated heterocycles. The van der Waals surface area contributed by atoms with Crippen LogP contribution in [0.1, 0.15) is 186 Å². The second-order valence-corrected chi connectivity index (χ2v) is 29.3. The lowest BCUT2D eigenvalue weighted by atomic mass is 9.57. The molecule has 0 fully saturated rings.